The van der Waals surface area contributed by atoms with E-state index in [0.29, 0.717) is 6.04 Å². The zero-order chi connectivity index (χ0) is 18.2. The monoisotopic (exact) mass is 398 g/mol. The first kappa shape index (κ1) is 16.9. The maximum absolute atomic E-state index is 12.5. The molecule has 1 amide bonds. The summed E-state index contributed by atoms with van der Waals surface area (Å²) >= 11 is 3.52. The molecule has 0 saturated carbocycles. The van der Waals surface area contributed by atoms with Gasteiger partial charge >= 0.3 is 0 Å². The SMILES string of the molecule is O=C(NC1CCSC1)C1=CC(c2cnn3cc(-c4cn[nH]c4)cnc23)CS1. The molecule has 3 aromatic heterocycles. The Kier molecular flexibility index (Phi) is 4.41. The standard InChI is InChI=1S/C18H18N6OS2/c25-18(23-14-1-2-26-10-14)16-3-11(9-27-16)15-7-22-24-8-13(4-19-17(15)24)12-5-20-21-6-12/h3-8,11,14H,1-2,9-10H2,(H,20,21)(H,23,25). The minimum absolute atomic E-state index is 0.0571. The second-order valence-corrected chi connectivity index (χ2v) is 8.89. The Morgan fingerprint density at radius 1 is 1.26 bits per heavy atom. The average Bonchev–Trinajstić information content (AvgIpc) is 3.47. The summed E-state index contributed by atoms with van der Waals surface area (Å²) in [7, 11) is 0. The van der Waals surface area contributed by atoms with E-state index in [1.807, 2.05) is 36.5 Å². The molecular weight excluding hydrogens is 380 g/mol. The highest BCUT2D eigenvalue weighted by Crippen LogP contribution is 2.37. The van der Waals surface area contributed by atoms with Crippen LogP contribution in [-0.4, -0.2) is 54.0 Å². The van der Waals surface area contributed by atoms with Gasteiger partial charge in [0.15, 0.2) is 5.65 Å². The zero-order valence-electron chi connectivity index (χ0n) is 14.5. The third kappa shape index (κ3) is 3.25. The van der Waals surface area contributed by atoms with Gasteiger partial charge in [0.25, 0.3) is 5.91 Å². The van der Waals surface area contributed by atoms with E-state index in [1.165, 1.54) is 0 Å². The van der Waals surface area contributed by atoms with Gasteiger partial charge in [-0.05, 0) is 12.2 Å². The van der Waals surface area contributed by atoms with Crippen molar-refractivity contribution in [2.24, 2.45) is 0 Å². The van der Waals surface area contributed by atoms with Crippen LogP contribution in [0.25, 0.3) is 16.8 Å². The van der Waals surface area contributed by atoms with Crippen molar-refractivity contribution >= 4 is 35.1 Å². The highest BCUT2D eigenvalue weighted by Gasteiger charge is 2.27. The molecule has 2 aliphatic rings. The van der Waals surface area contributed by atoms with E-state index in [1.54, 1.807) is 22.5 Å². The number of hydrogen-bond acceptors (Lipinski definition) is 6. The Morgan fingerprint density at radius 3 is 3.04 bits per heavy atom. The normalized spacial score (nSPS) is 22.3. The minimum atomic E-state index is 0.0571. The van der Waals surface area contributed by atoms with Crippen LogP contribution >= 0.6 is 23.5 Å². The molecule has 0 spiro atoms. The molecule has 2 atom stereocenters. The van der Waals surface area contributed by atoms with E-state index in [0.717, 1.165) is 50.9 Å². The molecule has 0 aliphatic carbocycles. The minimum Gasteiger partial charge on any atom is -0.348 e. The van der Waals surface area contributed by atoms with Crippen LogP contribution in [0.2, 0.25) is 0 Å². The maximum Gasteiger partial charge on any atom is 0.257 e. The van der Waals surface area contributed by atoms with Crippen LogP contribution < -0.4 is 5.32 Å². The summed E-state index contributed by atoms with van der Waals surface area (Å²) in [6.07, 6.45) is 12.4. The number of hydrogen-bond donors (Lipinski definition) is 2. The maximum atomic E-state index is 12.5. The molecule has 2 N–H and O–H groups in total. The first-order valence-corrected chi connectivity index (χ1v) is 11.0. The molecule has 5 rings (SSSR count). The summed E-state index contributed by atoms with van der Waals surface area (Å²) in [5, 5.41) is 14.4. The smallest absolute Gasteiger partial charge is 0.257 e. The number of rotatable bonds is 4. The Morgan fingerprint density at radius 2 is 2.22 bits per heavy atom. The number of aromatic amines is 1. The lowest BCUT2D eigenvalue weighted by Crippen LogP contribution is -2.34. The molecule has 27 heavy (non-hydrogen) atoms. The lowest BCUT2D eigenvalue weighted by molar-refractivity contribution is -0.117. The summed E-state index contributed by atoms with van der Waals surface area (Å²) in [5.41, 5.74) is 3.82. The molecular formula is C18H18N6OS2. The zero-order valence-corrected chi connectivity index (χ0v) is 16.1. The van der Waals surface area contributed by atoms with Gasteiger partial charge in [0, 0.05) is 58.7 Å². The number of allylic oxidation sites excluding steroid dienone is 1. The number of fused-ring (bicyclic) bond motifs is 1. The van der Waals surface area contributed by atoms with Crippen molar-refractivity contribution in [1.82, 2.24) is 30.1 Å². The van der Waals surface area contributed by atoms with Crippen molar-refractivity contribution < 1.29 is 4.79 Å². The molecule has 5 heterocycles. The number of H-pyrrole nitrogens is 1. The van der Waals surface area contributed by atoms with Crippen molar-refractivity contribution in [3.63, 3.8) is 0 Å². The quantitative estimate of drug-likeness (QED) is 0.702. The largest absolute Gasteiger partial charge is 0.348 e. The van der Waals surface area contributed by atoms with E-state index in [2.05, 4.69) is 31.7 Å². The second-order valence-electron chi connectivity index (χ2n) is 6.68. The predicted molar refractivity (Wildman–Crippen MR) is 108 cm³/mol. The first-order chi connectivity index (χ1) is 13.3. The summed E-state index contributed by atoms with van der Waals surface area (Å²) in [6, 6.07) is 0.308. The van der Waals surface area contributed by atoms with Crippen LogP contribution in [0.4, 0.5) is 0 Å². The van der Waals surface area contributed by atoms with Crippen LogP contribution in [0.3, 0.4) is 0 Å². The Labute approximate surface area is 164 Å². The Balaban J connectivity index is 1.37. The van der Waals surface area contributed by atoms with Gasteiger partial charge in [0.05, 0.1) is 17.3 Å². The van der Waals surface area contributed by atoms with Gasteiger partial charge in [-0.3, -0.25) is 9.89 Å². The topological polar surface area (TPSA) is 88.0 Å². The summed E-state index contributed by atoms with van der Waals surface area (Å²) in [4.78, 5) is 17.9. The number of nitrogens with one attached hydrogen (secondary N) is 2. The summed E-state index contributed by atoms with van der Waals surface area (Å²) < 4.78 is 1.80. The molecule has 0 radical (unpaired) electrons. The van der Waals surface area contributed by atoms with E-state index in [9.17, 15) is 4.79 Å². The third-order valence-corrected chi connectivity index (χ3v) is 7.20. The van der Waals surface area contributed by atoms with Crippen molar-refractivity contribution in [3.8, 4) is 11.1 Å². The fourth-order valence-electron chi connectivity index (χ4n) is 3.40. The highest BCUT2D eigenvalue weighted by atomic mass is 32.2. The van der Waals surface area contributed by atoms with Gasteiger partial charge in [-0.1, -0.05) is 6.08 Å². The van der Waals surface area contributed by atoms with Gasteiger partial charge in [0.2, 0.25) is 0 Å². The molecule has 2 unspecified atom stereocenters. The number of nitrogens with zero attached hydrogens (tertiary/aromatic N) is 4. The van der Waals surface area contributed by atoms with Crippen LogP contribution in [0.5, 0.6) is 0 Å². The molecule has 2 aliphatic heterocycles. The second kappa shape index (κ2) is 7.05. The van der Waals surface area contributed by atoms with E-state index in [-0.39, 0.29) is 11.8 Å². The van der Waals surface area contributed by atoms with E-state index >= 15 is 0 Å². The molecule has 1 fully saturated rings. The van der Waals surface area contributed by atoms with E-state index < -0.39 is 0 Å². The van der Waals surface area contributed by atoms with Crippen molar-refractivity contribution in [2.75, 3.05) is 17.3 Å². The summed E-state index contributed by atoms with van der Waals surface area (Å²) in [6.45, 7) is 0. The fourth-order valence-corrected chi connectivity index (χ4v) is 5.63. The highest BCUT2D eigenvalue weighted by molar-refractivity contribution is 8.04. The molecule has 3 aromatic rings. The van der Waals surface area contributed by atoms with Crippen LogP contribution in [0.15, 0.2) is 42.0 Å². The average molecular weight is 399 g/mol. The van der Waals surface area contributed by atoms with Crippen LogP contribution in [0, 0.1) is 0 Å². The van der Waals surface area contributed by atoms with Gasteiger partial charge in [-0.2, -0.15) is 22.0 Å². The van der Waals surface area contributed by atoms with Gasteiger partial charge < -0.3 is 5.32 Å². The Bertz CT molecular complexity index is 1010. The fraction of sp³-hybridized carbons (Fsp3) is 0.333. The number of amides is 1. The molecule has 0 bridgehead atoms. The van der Waals surface area contributed by atoms with Gasteiger partial charge in [-0.25, -0.2) is 9.50 Å². The van der Waals surface area contributed by atoms with Gasteiger partial charge in [0.1, 0.15) is 0 Å². The van der Waals surface area contributed by atoms with Crippen LogP contribution in [0.1, 0.15) is 17.9 Å². The lowest BCUT2D eigenvalue weighted by Gasteiger charge is -2.10. The lowest BCUT2D eigenvalue weighted by atomic mass is 10.0. The molecule has 138 valence electrons. The van der Waals surface area contributed by atoms with E-state index in [4.69, 9.17) is 0 Å². The van der Waals surface area contributed by atoms with Gasteiger partial charge in [-0.15, -0.1) is 11.8 Å². The van der Waals surface area contributed by atoms with Crippen molar-refractivity contribution in [3.05, 3.63) is 47.5 Å². The number of carbonyl (C=O) groups excluding carboxylic acids is 1. The third-order valence-electron chi connectivity index (χ3n) is 4.87. The number of carbonyl (C=O) groups is 1. The molecule has 1 saturated heterocycles. The predicted octanol–water partition coefficient (Wildman–Crippen LogP) is 2.46. The molecule has 9 heteroatoms. The van der Waals surface area contributed by atoms with Crippen molar-refractivity contribution in [1.29, 1.82) is 0 Å². The van der Waals surface area contributed by atoms with Crippen molar-refractivity contribution in [2.45, 2.75) is 18.4 Å². The summed E-state index contributed by atoms with van der Waals surface area (Å²) in [5.74, 6) is 3.20. The first-order valence-electron chi connectivity index (χ1n) is 8.83. The number of aromatic nitrogens is 5. The molecule has 7 nitrogen and oxygen atoms in total. The number of thioether (sulfide) groups is 2. The molecule has 0 aromatic carbocycles. The Hall–Kier alpha value is -2.26. The van der Waals surface area contributed by atoms with Crippen LogP contribution in [-0.2, 0) is 4.79 Å².